The van der Waals surface area contributed by atoms with Crippen LogP contribution in [0.15, 0.2) is 18.2 Å². The van der Waals surface area contributed by atoms with Crippen LogP contribution in [-0.4, -0.2) is 22.0 Å². The summed E-state index contributed by atoms with van der Waals surface area (Å²) in [6.45, 7) is 1.29. The number of hydrogen-bond acceptors (Lipinski definition) is 3. The van der Waals surface area contributed by atoms with Crippen LogP contribution in [0.25, 0.3) is 0 Å². The molecule has 1 aromatic rings. The number of nitrogens with one attached hydrogen (secondary N) is 1. The largest absolute Gasteiger partial charge is 0.481 e. The number of aliphatic carboxylic acids is 1. The van der Waals surface area contributed by atoms with E-state index in [1.54, 1.807) is 12.1 Å². The van der Waals surface area contributed by atoms with Crippen LogP contribution in [0.3, 0.4) is 0 Å². The molecule has 0 aromatic carbocycles. The quantitative estimate of drug-likeness (QED) is 0.605. The molecule has 6 heteroatoms. The monoisotopic (exact) mass is 228 g/mol. The van der Waals surface area contributed by atoms with Crippen LogP contribution in [0.1, 0.15) is 6.92 Å². The van der Waals surface area contributed by atoms with Gasteiger partial charge in [0.1, 0.15) is 16.9 Å². The van der Waals surface area contributed by atoms with Crippen molar-refractivity contribution < 1.29 is 14.7 Å². The van der Waals surface area contributed by atoms with Gasteiger partial charge in [0.15, 0.2) is 0 Å². The molecule has 5 nitrogen and oxygen atoms in total. The number of rotatable bonds is 3. The Labute approximate surface area is 91.1 Å². The number of nitrogens with zero attached hydrogens (tertiary/aromatic N) is 1. The predicted octanol–water partition coefficient (Wildman–Crippen LogP) is 1.39. The summed E-state index contributed by atoms with van der Waals surface area (Å²) in [5.74, 6) is -2.70. The highest BCUT2D eigenvalue weighted by atomic mass is 35.5. The van der Waals surface area contributed by atoms with Crippen molar-refractivity contribution in [2.75, 3.05) is 5.32 Å². The molecule has 0 bridgehead atoms. The van der Waals surface area contributed by atoms with Gasteiger partial charge >= 0.3 is 5.97 Å². The number of aromatic nitrogens is 1. The number of pyridine rings is 1. The number of carbonyl (C=O) groups is 2. The molecular weight excluding hydrogens is 220 g/mol. The Morgan fingerprint density at radius 2 is 2.20 bits per heavy atom. The zero-order valence-corrected chi connectivity index (χ0v) is 8.65. The fourth-order valence-electron chi connectivity index (χ4n) is 0.825. The second kappa shape index (κ2) is 4.75. The van der Waals surface area contributed by atoms with E-state index in [9.17, 15) is 9.59 Å². The van der Waals surface area contributed by atoms with E-state index in [0.717, 1.165) is 0 Å². The number of carboxylic acids is 1. The van der Waals surface area contributed by atoms with Gasteiger partial charge in [0.2, 0.25) is 5.91 Å². The zero-order valence-electron chi connectivity index (χ0n) is 7.90. The molecule has 1 heterocycles. The second-order valence-corrected chi connectivity index (χ2v) is 3.28. The summed E-state index contributed by atoms with van der Waals surface area (Å²) in [7, 11) is 0. The van der Waals surface area contributed by atoms with E-state index in [2.05, 4.69) is 10.3 Å². The van der Waals surface area contributed by atoms with E-state index in [1.165, 1.54) is 13.0 Å². The maximum Gasteiger partial charge on any atom is 0.315 e. The Bertz CT molecular complexity index is 395. The number of carbonyl (C=O) groups excluding carboxylic acids is 1. The third-order valence-electron chi connectivity index (χ3n) is 1.73. The first kappa shape index (κ1) is 11.5. The smallest absolute Gasteiger partial charge is 0.315 e. The standard InChI is InChI=1S/C9H9ClN2O3/c1-5(9(14)15)8(13)12-7-4-2-3-6(10)11-7/h2-5H,1H3,(H,14,15)(H,11,12,13). The van der Waals surface area contributed by atoms with Gasteiger partial charge in [-0.05, 0) is 19.1 Å². The maximum atomic E-state index is 11.3. The Balaban J connectivity index is 2.70. The van der Waals surface area contributed by atoms with Gasteiger partial charge in [-0.2, -0.15) is 0 Å². The Hall–Kier alpha value is -1.62. The topological polar surface area (TPSA) is 79.3 Å². The molecule has 15 heavy (non-hydrogen) atoms. The predicted molar refractivity (Wildman–Crippen MR) is 54.7 cm³/mol. The van der Waals surface area contributed by atoms with Gasteiger partial charge in [0.05, 0.1) is 0 Å². The van der Waals surface area contributed by atoms with Gasteiger partial charge in [-0.15, -0.1) is 0 Å². The lowest BCUT2D eigenvalue weighted by Crippen LogP contribution is -2.27. The van der Waals surface area contributed by atoms with Crippen molar-refractivity contribution >= 4 is 29.3 Å². The van der Waals surface area contributed by atoms with E-state index < -0.39 is 17.8 Å². The van der Waals surface area contributed by atoms with Gasteiger partial charge in [-0.1, -0.05) is 17.7 Å². The maximum absolute atomic E-state index is 11.3. The number of amides is 1. The van der Waals surface area contributed by atoms with Crippen molar-refractivity contribution in [3.8, 4) is 0 Å². The molecule has 1 aromatic heterocycles. The van der Waals surface area contributed by atoms with Crippen molar-refractivity contribution in [3.05, 3.63) is 23.4 Å². The second-order valence-electron chi connectivity index (χ2n) is 2.89. The van der Waals surface area contributed by atoms with E-state index in [-0.39, 0.29) is 11.0 Å². The molecule has 1 amide bonds. The van der Waals surface area contributed by atoms with Gasteiger partial charge in [-0.25, -0.2) is 4.98 Å². The van der Waals surface area contributed by atoms with Crippen molar-refractivity contribution in [2.24, 2.45) is 5.92 Å². The average Bonchev–Trinajstić information content (AvgIpc) is 2.16. The van der Waals surface area contributed by atoms with Crippen LogP contribution in [0, 0.1) is 5.92 Å². The number of halogens is 1. The average molecular weight is 229 g/mol. The SMILES string of the molecule is CC(C(=O)O)C(=O)Nc1cccc(Cl)n1. The molecule has 1 rings (SSSR count). The molecule has 0 radical (unpaired) electrons. The minimum absolute atomic E-state index is 0.232. The van der Waals surface area contributed by atoms with Crippen molar-refractivity contribution in [1.29, 1.82) is 0 Å². The molecule has 2 N–H and O–H groups in total. The third-order valence-corrected chi connectivity index (χ3v) is 1.94. The van der Waals surface area contributed by atoms with Gasteiger partial charge < -0.3 is 10.4 Å². The first-order valence-electron chi connectivity index (χ1n) is 4.17. The lowest BCUT2D eigenvalue weighted by Gasteiger charge is -2.07. The molecule has 80 valence electrons. The van der Waals surface area contributed by atoms with E-state index in [1.807, 2.05) is 0 Å². The lowest BCUT2D eigenvalue weighted by molar-refractivity contribution is -0.144. The van der Waals surface area contributed by atoms with Crippen LogP contribution >= 0.6 is 11.6 Å². The molecule has 0 aliphatic heterocycles. The minimum atomic E-state index is -1.19. The summed E-state index contributed by atoms with van der Waals surface area (Å²) < 4.78 is 0. The van der Waals surface area contributed by atoms with E-state index in [4.69, 9.17) is 16.7 Å². The minimum Gasteiger partial charge on any atom is -0.481 e. The third kappa shape index (κ3) is 3.21. The molecular formula is C9H9ClN2O3. The lowest BCUT2D eigenvalue weighted by atomic mass is 10.2. The van der Waals surface area contributed by atoms with E-state index >= 15 is 0 Å². The van der Waals surface area contributed by atoms with Crippen LogP contribution < -0.4 is 5.32 Å². The summed E-state index contributed by atoms with van der Waals surface area (Å²) in [4.78, 5) is 25.6. The van der Waals surface area contributed by atoms with Gasteiger partial charge in [0.25, 0.3) is 0 Å². The highest BCUT2D eigenvalue weighted by Gasteiger charge is 2.20. The molecule has 0 spiro atoms. The molecule has 0 fully saturated rings. The number of anilines is 1. The summed E-state index contributed by atoms with van der Waals surface area (Å²) >= 11 is 5.59. The van der Waals surface area contributed by atoms with Gasteiger partial charge in [0, 0.05) is 0 Å². The Morgan fingerprint density at radius 1 is 1.53 bits per heavy atom. The highest BCUT2D eigenvalue weighted by Crippen LogP contribution is 2.10. The molecule has 0 saturated heterocycles. The fraction of sp³-hybridized carbons (Fsp3) is 0.222. The fourth-order valence-corrected chi connectivity index (χ4v) is 0.988. The number of hydrogen-bond donors (Lipinski definition) is 2. The molecule has 0 aliphatic carbocycles. The van der Waals surface area contributed by atoms with Crippen LogP contribution in [0.2, 0.25) is 5.15 Å². The van der Waals surface area contributed by atoms with Crippen LogP contribution in [0.5, 0.6) is 0 Å². The summed E-state index contributed by atoms with van der Waals surface area (Å²) in [6, 6.07) is 4.69. The van der Waals surface area contributed by atoms with Gasteiger partial charge in [-0.3, -0.25) is 9.59 Å². The van der Waals surface area contributed by atoms with Crippen LogP contribution in [0.4, 0.5) is 5.82 Å². The first-order valence-corrected chi connectivity index (χ1v) is 4.54. The van der Waals surface area contributed by atoms with Crippen molar-refractivity contribution in [1.82, 2.24) is 4.98 Å². The Kier molecular flexibility index (Phi) is 3.62. The summed E-state index contributed by atoms with van der Waals surface area (Å²) in [5, 5.41) is 11.2. The summed E-state index contributed by atoms with van der Waals surface area (Å²) in [5.41, 5.74) is 0. The highest BCUT2D eigenvalue weighted by molar-refractivity contribution is 6.29. The zero-order chi connectivity index (χ0) is 11.4. The van der Waals surface area contributed by atoms with Crippen molar-refractivity contribution in [3.63, 3.8) is 0 Å². The number of carboxylic acid groups (broad SMARTS) is 1. The summed E-state index contributed by atoms with van der Waals surface area (Å²) in [6.07, 6.45) is 0. The van der Waals surface area contributed by atoms with Crippen molar-refractivity contribution in [2.45, 2.75) is 6.92 Å². The molecule has 0 aliphatic rings. The Morgan fingerprint density at radius 3 is 2.73 bits per heavy atom. The molecule has 1 unspecified atom stereocenters. The normalized spacial score (nSPS) is 11.9. The first-order chi connectivity index (χ1) is 7.00. The molecule has 1 atom stereocenters. The van der Waals surface area contributed by atoms with E-state index in [0.29, 0.717) is 0 Å². The van der Waals surface area contributed by atoms with Crippen LogP contribution in [-0.2, 0) is 9.59 Å². The molecule has 0 saturated carbocycles.